The first-order valence-electron chi connectivity index (χ1n) is 9.10. The molecule has 0 radical (unpaired) electrons. The van der Waals surface area contributed by atoms with Crippen molar-refractivity contribution in [1.29, 1.82) is 5.26 Å². The van der Waals surface area contributed by atoms with Crippen LogP contribution in [0.4, 0.5) is 0 Å². The van der Waals surface area contributed by atoms with Gasteiger partial charge in [0.15, 0.2) is 6.19 Å². The number of amides is 1. The summed E-state index contributed by atoms with van der Waals surface area (Å²) in [5, 5.41) is 13.9. The number of nitrogens with zero attached hydrogens (tertiary/aromatic N) is 3. The molecule has 3 N–H and O–H groups in total. The van der Waals surface area contributed by atoms with Crippen molar-refractivity contribution >= 4 is 33.6 Å². The lowest BCUT2D eigenvalue weighted by molar-refractivity contribution is 0.0949. The van der Waals surface area contributed by atoms with E-state index in [2.05, 4.69) is 32.1 Å². The molecule has 1 amide bonds. The number of thioether (sulfide) groups is 1. The predicted octanol–water partition coefficient (Wildman–Crippen LogP) is 3.59. The van der Waals surface area contributed by atoms with Gasteiger partial charge in [-0.2, -0.15) is 5.26 Å². The molecule has 3 rings (SSSR count). The van der Waals surface area contributed by atoms with Crippen LogP contribution < -0.4 is 16.5 Å². The first kappa shape index (κ1) is 24.2. The van der Waals surface area contributed by atoms with Crippen LogP contribution in [0, 0.1) is 32.2 Å². The minimum atomic E-state index is -0.442. The molecule has 10 heteroatoms. The van der Waals surface area contributed by atoms with Crippen LogP contribution in [-0.4, -0.2) is 21.9 Å². The maximum atomic E-state index is 12.7. The normalized spacial score (nSPS) is 10.1. The molecule has 1 aromatic carbocycles. The summed E-state index contributed by atoms with van der Waals surface area (Å²) in [5.41, 5.74) is 7.01. The van der Waals surface area contributed by atoms with Crippen molar-refractivity contribution in [2.75, 3.05) is 6.26 Å². The molecule has 3 aromatic rings. The topological polar surface area (TPSA) is 127 Å². The summed E-state index contributed by atoms with van der Waals surface area (Å²) in [6, 6.07) is 7.90. The highest BCUT2D eigenvalue weighted by Gasteiger charge is 2.20. The second-order valence-electron chi connectivity index (χ2n) is 6.50. The highest BCUT2D eigenvalue weighted by Crippen LogP contribution is 2.22. The largest absolute Gasteiger partial charge is 0.348 e. The van der Waals surface area contributed by atoms with Crippen LogP contribution in [0.5, 0.6) is 0 Å². The van der Waals surface area contributed by atoms with Gasteiger partial charge in [0.25, 0.3) is 5.91 Å². The van der Waals surface area contributed by atoms with E-state index in [-0.39, 0.29) is 11.0 Å². The highest BCUT2D eigenvalue weighted by molar-refractivity contribution is 9.10. The van der Waals surface area contributed by atoms with E-state index in [1.165, 1.54) is 12.4 Å². The first-order chi connectivity index (χ1) is 14.7. The Balaban J connectivity index is 0.00000107. The zero-order valence-electron chi connectivity index (χ0n) is 17.5. The molecule has 0 aliphatic heterocycles. The number of carbonyl (C=O) groups excluding carboxylic acids is 1. The SMILES string of the molecule is CSc1ccc(CNC(=O)c2cn(-c3onc(C)c3C)c(C)c(Br)c2=O)cc1.N#CN. The Morgan fingerprint density at radius 1 is 1.32 bits per heavy atom. The summed E-state index contributed by atoms with van der Waals surface area (Å²) in [5.74, 6) is 0.0414. The van der Waals surface area contributed by atoms with Crippen molar-refractivity contribution in [3.05, 3.63) is 73.2 Å². The monoisotopic (exact) mass is 503 g/mol. The molecule has 2 heterocycles. The minimum Gasteiger partial charge on any atom is -0.348 e. The quantitative estimate of drug-likeness (QED) is 0.309. The van der Waals surface area contributed by atoms with E-state index in [4.69, 9.17) is 9.78 Å². The van der Waals surface area contributed by atoms with E-state index in [9.17, 15) is 9.59 Å². The minimum absolute atomic E-state index is 0.0339. The summed E-state index contributed by atoms with van der Waals surface area (Å²) in [6.45, 7) is 5.83. The lowest BCUT2D eigenvalue weighted by Gasteiger charge is -2.13. The van der Waals surface area contributed by atoms with Crippen molar-refractivity contribution < 1.29 is 9.32 Å². The molecule has 0 fully saturated rings. The Labute approximate surface area is 192 Å². The van der Waals surface area contributed by atoms with Gasteiger partial charge in [-0.1, -0.05) is 17.3 Å². The van der Waals surface area contributed by atoms with Crippen molar-refractivity contribution in [2.24, 2.45) is 5.73 Å². The second kappa shape index (κ2) is 10.8. The first-order valence-corrected chi connectivity index (χ1v) is 11.1. The number of halogens is 1. The molecule has 31 heavy (non-hydrogen) atoms. The van der Waals surface area contributed by atoms with E-state index in [1.54, 1.807) is 23.3 Å². The second-order valence-corrected chi connectivity index (χ2v) is 8.17. The maximum absolute atomic E-state index is 12.7. The molecule has 0 bridgehead atoms. The molecule has 0 aliphatic carbocycles. The molecular formula is C21H22BrN5O3S. The molecule has 2 aromatic heterocycles. The smallest absolute Gasteiger partial charge is 0.257 e. The number of carbonyl (C=O) groups is 1. The van der Waals surface area contributed by atoms with Gasteiger partial charge in [-0.3, -0.25) is 14.2 Å². The molecule has 162 valence electrons. The number of nitrogens with one attached hydrogen (secondary N) is 1. The van der Waals surface area contributed by atoms with E-state index >= 15 is 0 Å². The number of rotatable bonds is 5. The number of aromatic nitrogens is 2. The van der Waals surface area contributed by atoms with Gasteiger partial charge >= 0.3 is 0 Å². The van der Waals surface area contributed by atoms with Crippen LogP contribution in [0.1, 0.15) is 32.9 Å². The zero-order valence-corrected chi connectivity index (χ0v) is 19.9. The standard InChI is InChI=1S/C20H20BrN3O3S.CH2N2/c1-11-12(2)23-27-20(11)24-10-16(18(25)17(21)13(24)3)19(26)22-9-14-5-7-15(28-4)8-6-14;2-1-3/h5-8,10H,9H2,1-4H3,(H,22,26);2H2. The number of pyridine rings is 1. The van der Waals surface area contributed by atoms with Crippen LogP contribution in [0.2, 0.25) is 0 Å². The fraction of sp³-hybridized carbons (Fsp3) is 0.238. The van der Waals surface area contributed by atoms with Crippen molar-refractivity contribution in [3.8, 4) is 12.1 Å². The number of aryl methyl sites for hydroxylation is 1. The Hall–Kier alpha value is -3.03. The van der Waals surface area contributed by atoms with Crippen LogP contribution in [-0.2, 0) is 6.54 Å². The van der Waals surface area contributed by atoms with Crippen molar-refractivity contribution in [2.45, 2.75) is 32.2 Å². The van der Waals surface area contributed by atoms with Crippen LogP contribution in [0.25, 0.3) is 5.88 Å². The maximum Gasteiger partial charge on any atom is 0.257 e. The van der Waals surface area contributed by atoms with Crippen LogP contribution in [0.15, 0.2) is 49.1 Å². The van der Waals surface area contributed by atoms with Crippen molar-refractivity contribution in [3.63, 3.8) is 0 Å². The average Bonchev–Trinajstić information content (AvgIpc) is 3.10. The predicted molar refractivity (Wildman–Crippen MR) is 123 cm³/mol. The lowest BCUT2D eigenvalue weighted by atomic mass is 10.2. The van der Waals surface area contributed by atoms with E-state index in [0.29, 0.717) is 22.6 Å². The molecule has 0 aliphatic rings. The van der Waals surface area contributed by atoms with E-state index in [0.717, 1.165) is 21.7 Å². The van der Waals surface area contributed by atoms with Gasteiger partial charge < -0.3 is 15.6 Å². The van der Waals surface area contributed by atoms with Crippen LogP contribution >= 0.6 is 27.7 Å². The summed E-state index contributed by atoms with van der Waals surface area (Å²) in [4.78, 5) is 26.5. The molecule has 8 nitrogen and oxygen atoms in total. The van der Waals surface area contributed by atoms with Gasteiger partial charge in [-0.05, 0) is 60.7 Å². The molecule has 0 atom stereocenters. The molecular weight excluding hydrogens is 482 g/mol. The fourth-order valence-electron chi connectivity index (χ4n) is 2.69. The Kier molecular flexibility index (Phi) is 8.47. The average molecular weight is 504 g/mol. The lowest BCUT2D eigenvalue weighted by Crippen LogP contribution is -2.30. The van der Waals surface area contributed by atoms with Crippen LogP contribution in [0.3, 0.4) is 0 Å². The summed E-state index contributed by atoms with van der Waals surface area (Å²) < 4.78 is 7.39. The number of nitriles is 1. The van der Waals surface area contributed by atoms with E-state index in [1.807, 2.05) is 44.4 Å². The zero-order chi connectivity index (χ0) is 23.1. The third-order valence-corrected chi connectivity index (χ3v) is 6.27. The van der Waals surface area contributed by atoms with Gasteiger partial charge in [-0.25, -0.2) is 0 Å². The Morgan fingerprint density at radius 3 is 2.45 bits per heavy atom. The number of nitrogens with two attached hydrogens (primary N) is 1. The van der Waals surface area contributed by atoms with Crippen molar-refractivity contribution in [1.82, 2.24) is 15.0 Å². The number of benzene rings is 1. The third kappa shape index (κ3) is 5.57. The third-order valence-electron chi connectivity index (χ3n) is 4.59. The molecule has 0 saturated carbocycles. The number of hydrogen-bond donors (Lipinski definition) is 2. The summed E-state index contributed by atoms with van der Waals surface area (Å²) >= 11 is 4.97. The molecule has 0 saturated heterocycles. The van der Waals surface area contributed by atoms with Gasteiger partial charge in [0.1, 0.15) is 5.56 Å². The van der Waals surface area contributed by atoms with Gasteiger partial charge in [0, 0.05) is 28.9 Å². The van der Waals surface area contributed by atoms with Gasteiger partial charge in [0.2, 0.25) is 11.3 Å². The summed E-state index contributed by atoms with van der Waals surface area (Å²) in [6.07, 6.45) is 4.76. The Bertz CT molecular complexity index is 1180. The van der Waals surface area contributed by atoms with Gasteiger partial charge in [-0.15, -0.1) is 11.8 Å². The fourth-order valence-corrected chi connectivity index (χ4v) is 3.51. The highest BCUT2D eigenvalue weighted by atomic mass is 79.9. The molecule has 0 spiro atoms. The van der Waals surface area contributed by atoms with E-state index < -0.39 is 5.91 Å². The van der Waals surface area contributed by atoms with Gasteiger partial charge in [0.05, 0.1) is 10.2 Å². The molecule has 0 unspecified atom stereocenters. The Morgan fingerprint density at radius 2 is 1.94 bits per heavy atom. The number of hydrogen-bond acceptors (Lipinski definition) is 7. The summed E-state index contributed by atoms with van der Waals surface area (Å²) in [7, 11) is 0.